The van der Waals surface area contributed by atoms with Gasteiger partial charge in [0.05, 0.1) is 16.8 Å². The van der Waals surface area contributed by atoms with Crippen molar-refractivity contribution < 1.29 is 31.4 Å². The van der Waals surface area contributed by atoms with Gasteiger partial charge in [0.2, 0.25) is 0 Å². The van der Waals surface area contributed by atoms with Gasteiger partial charge in [-0.25, -0.2) is 9.97 Å². The SMILES string of the molecule is CC(C)(C)C(O)(c1cncnc1)c1ccc(-c2ccc(C(F)(F)F)cc2C(F)(F)F)cn1. The number of nitrogens with zero attached hydrogens (tertiary/aromatic N) is 3. The van der Waals surface area contributed by atoms with E-state index in [1.54, 1.807) is 20.8 Å². The molecule has 0 saturated heterocycles. The predicted octanol–water partition coefficient (Wildman–Crippen LogP) is 5.86. The molecule has 0 bridgehead atoms. The number of rotatable bonds is 3. The maximum atomic E-state index is 13.5. The molecular formula is C22H19F6N3O. The minimum absolute atomic E-state index is 0.0460. The molecule has 3 aromatic rings. The Labute approximate surface area is 180 Å². The largest absolute Gasteiger partial charge is 0.417 e. The highest BCUT2D eigenvalue weighted by molar-refractivity contribution is 5.68. The molecule has 2 heterocycles. The van der Waals surface area contributed by atoms with E-state index in [9.17, 15) is 31.4 Å². The summed E-state index contributed by atoms with van der Waals surface area (Å²) < 4.78 is 79.3. The number of alkyl halides is 6. The molecule has 0 aliphatic heterocycles. The summed E-state index contributed by atoms with van der Waals surface area (Å²) in [6.45, 7) is 5.23. The van der Waals surface area contributed by atoms with Gasteiger partial charge in [-0.05, 0) is 23.8 Å². The quantitative estimate of drug-likeness (QED) is 0.503. The van der Waals surface area contributed by atoms with Gasteiger partial charge in [0, 0.05) is 35.1 Å². The summed E-state index contributed by atoms with van der Waals surface area (Å²) in [5.41, 5.74) is -5.35. The van der Waals surface area contributed by atoms with Crippen LogP contribution in [0.3, 0.4) is 0 Å². The molecule has 170 valence electrons. The zero-order valence-electron chi connectivity index (χ0n) is 17.3. The Balaban J connectivity index is 2.13. The fourth-order valence-electron chi connectivity index (χ4n) is 3.43. The molecule has 0 fully saturated rings. The first kappa shape index (κ1) is 23.6. The number of aromatic nitrogens is 3. The van der Waals surface area contributed by atoms with E-state index in [1.165, 1.54) is 30.9 Å². The molecule has 0 aliphatic carbocycles. The van der Waals surface area contributed by atoms with Gasteiger partial charge in [-0.3, -0.25) is 4.98 Å². The van der Waals surface area contributed by atoms with Gasteiger partial charge in [-0.1, -0.05) is 32.9 Å². The van der Waals surface area contributed by atoms with Gasteiger partial charge >= 0.3 is 12.4 Å². The lowest BCUT2D eigenvalue weighted by atomic mass is 9.70. The lowest BCUT2D eigenvalue weighted by Crippen LogP contribution is -2.42. The Morgan fingerprint density at radius 3 is 1.84 bits per heavy atom. The molecule has 0 radical (unpaired) electrons. The average Bonchev–Trinajstić information content (AvgIpc) is 2.71. The summed E-state index contributed by atoms with van der Waals surface area (Å²) in [6, 6.07) is 4.05. The third-order valence-corrected chi connectivity index (χ3v) is 5.16. The summed E-state index contributed by atoms with van der Waals surface area (Å²) in [5.74, 6) is 0. The molecule has 4 nitrogen and oxygen atoms in total. The van der Waals surface area contributed by atoms with Gasteiger partial charge in [-0.2, -0.15) is 26.3 Å². The minimum atomic E-state index is -5.01. The number of halogens is 6. The standard InChI is InChI=1S/C22H19F6N3O/c1-19(2,3)20(32,15-10-29-12-30-11-15)18-7-4-13(9-31-18)16-6-5-14(21(23,24)25)8-17(16)22(26,27)28/h4-12,32H,1-3H3. The normalized spacial score (nSPS) is 14.8. The molecule has 0 amide bonds. The Hall–Kier alpha value is -3.01. The van der Waals surface area contributed by atoms with Crippen molar-refractivity contribution in [3.8, 4) is 11.1 Å². The summed E-state index contributed by atoms with van der Waals surface area (Å²) in [4.78, 5) is 12.0. The Kier molecular flexibility index (Phi) is 5.80. The van der Waals surface area contributed by atoms with Crippen LogP contribution in [0.15, 0.2) is 55.2 Å². The van der Waals surface area contributed by atoms with Gasteiger partial charge in [0.1, 0.15) is 11.9 Å². The minimum Gasteiger partial charge on any atom is -0.378 e. The van der Waals surface area contributed by atoms with E-state index in [0.29, 0.717) is 11.6 Å². The van der Waals surface area contributed by atoms with Crippen molar-refractivity contribution in [3.05, 3.63) is 77.6 Å². The van der Waals surface area contributed by atoms with Crippen LogP contribution in [0, 0.1) is 5.41 Å². The highest BCUT2D eigenvalue weighted by Crippen LogP contribution is 2.45. The number of hydrogen-bond acceptors (Lipinski definition) is 4. The van der Waals surface area contributed by atoms with Crippen molar-refractivity contribution in [1.29, 1.82) is 0 Å². The van der Waals surface area contributed by atoms with Crippen molar-refractivity contribution in [2.75, 3.05) is 0 Å². The van der Waals surface area contributed by atoms with Crippen LogP contribution in [0.2, 0.25) is 0 Å². The molecule has 1 atom stereocenters. The molecule has 3 rings (SSSR count). The topological polar surface area (TPSA) is 58.9 Å². The van der Waals surface area contributed by atoms with E-state index >= 15 is 0 Å². The van der Waals surface area contributed by atoms with Gasteiger partial charge < -0.3 is 5.11 Å². The van der Waals surface area contributed by atoms with Crippen LogP contribution < -0.4 is 0 Å². The smallest absolute Gasteiger partial charge is 0.378 e. The van der Waals surface area contributed by atoms with Crippen molar-refractivity contribution >= 4 is 0 Å². The predicted molar refractivity (Wildman–Crippen MR) is 104 cm³/mol. The zero-order valence-corrected chi connectivity index (χ0v) is 17.3. The molecule has 1 unspecified atom stereocenters. The van der Waals surface area contributed by atoms with E-state index in [2.05, 4.69) is 15.0 Å². The fraction of sp³-hybridized carbons (Fsp3) is 0.318. The van der Waals surface area contributed by atoms with E-state index < -0.39 is 40.1 Å². The van der Waals surface area contributed by atoms with Crippen LogP contribution >= 0.6 is 0 Å². The van der Waals surface area contributed by atoms with Crippen LogP contribution in [-0.4, -0.2) is 20.1 Å². The zero-order chi connectivity index (χ0) is 23.9. The summed E-state index contributed by atoms with van der Waals surface area (Å²) >= 11 is 0. The van der Waals surface area contributed by atoms with Crippen molar-refractivity contribution in [2.24, 2.45) is 5.41 Å². The Morgan fingerprint density at radius 1 is 0.750 bits per heavy atom. The van der Waals surface area contributed by atoms with E-state index in [4.69, 9.17) is 0 Å². The molecule has 10 heteroatoms. The van der Waals surface area contributed by atoms with Crippen molar-refractivity contribution in [2.45, 2.75) is 38.7 Å². The first-order valence-corrected chi connectivity index (χ1v) is 9.39. The van der Waals surface area contributed by atoms with Crippen molar-refractivity contribution in [1.82, 2.24) is 15.0 Å². The van der Waals surface area contributed by atoms with E-state index in [-0.39, 0.29) is 17.3 Å². The average molecular weight is 455 g/mol. The van der Waals surface area contributed by atoms with Crippen LogP contribution in [-0.2, 0) is 18.0 Å². The Morgan fingerprint density at radius 2 is 1.38 bits per heavy atom. The summed E-state index contributed by atoms with van der Waals surface area (Å²) in [6.07, 6.45) is -4.73. The molecule has 1 aromatic carbocycles. The lowest BCUT2D eigenvalue weighted by Gasteiger charge is -2.39. The lowest BCUT2D eigenvalue weighted by molar-refractivity contribution is -0.142. The molecule has 1 N–H and O–H groups in total. The second kappa shape index (κ2) is 7.84. The van der Waals surface area contributed by atoms with Crippen molar-refractivity contribution in [3.63, 3.8) is 0 Å². The number of hydrogen-bond donors (Lipinski definition) is 1. The fourth-order valence-corrected chi connectivity index (χ4v) is 3.43. The molecular weight excluding hydrogens is 436 g/mol. The summed E-state index contributed by atoms with van der Waals surface area (Å²) in [7, 11) is 0. The molecule has 0 spiro atoms. The first-order valence-electron chi connectivity index (χ1n) is 9.39. The van der Waals surface area contributed by atoms with E-state index in [0.717, 1.165) is 12.3 Å². The van der Waals surface area contributed by atoms with E-state index in [1.807, 2.05) is 0 Å². The maximum absolute atomic E-state index is 13.5. The highest BCUT2D eigenvalue weighted by atomic mass is 19.4. The summed E-state index contributed by atoms with van der Waals surface area (Å²) in [5, 5.41) is 11.5. The number of pyridine rings is 1. The maximum Gasteiger partial charge on any atom is 0.417 e. The third kappa shape index (κ3) is 4.32. The first-order chi connectivity index (χ1) is 14.7. The molecule has 0 saturated carbocycles. The number of aliphatic hydroxyl groups is 1. The Bertz CT molecular complexity index is 1090. The molecule has 32 heavy (non-hydrogen) atoms. The van der Waals surface area contributed by atoms with Crippen LogP contribution in [0.1, 0.15) is 43.2 Å². The van der Waals surface area contributed by atoms with Gasteiger partial charge in [0.25, 0.3) is 0 Å². The third-order valence-electron chi connectivity index (χ3n) is 5.16. The molecule has 0 aliphatic rings. The second-order valence-electron chi connectivity index (χ2n) is 8.28. The monoisotopic (exact) mass is 455 g/mol. The van der Waals surface area contributed by atoms with Gasteiger partial charge in [-0.15, -0.1) is 0 Å². The molecule has 2 aromatic heterocycles. The number of benzene rings is 1. The van der Waals surface area contributed by atoms with Crippen LogP contribution in [0.4, 0.5) is 26.3 Å². The van der Waals surface area contributed by atoms with Crippen LogP contribution in [0.5, 0.6) is 0 Å². The van der Waals surface area contributed by atoms with Gasteiger partial charge in [0.15, 0.2) is 0 Å². The van der Waals surface area contributed by atoms with Crippen LogP contribution in [0.25, 0.3) is 11.1 Å². The second-order valence-corrected chi connectivity index (χ2v) is 8.28. The highest BCUT2D eigenvalue weighted by Gasteiger charge is 2.45.